The van der Waals surface area contributed by atoms with Crippen molar-refractivity contribution >= 4 is 44.9 Å². The van der Waals surface area contributed by atoms with Gasteiger partial charge in [0.15, 0.2) is 0 Å². The summed E-state index contributed by atoms with van der Waals surface area (Å²) in [4.78, 5) is 24.1. The first-order valence-electron chi connectivity index (χ1n) is 16.1. The summed E-state index contributed by atoms with van der Waals surface area (Å²) in [5, 5.41) is 13.7. The van der Waals surface area contributed by atoms with Crippen LogP contribution in [0.2, 0.25) is 5.02 Å². The van der Waals surface area contributed by atoms with Crippen LogP contribution in [0, 0.1) is 11.3 Å². The average molecular weight is 636 g/mol. The minimum Gasteiger partial charge on any atom is -0.475 e. The van der Waals surface area contributed by atoms with E-state index in [2.05, 4.69) is 58.8 Å². The molecule has 4 aliphatic rings. The van der Waals surface area contributed by atoms with Crippen molar-refractivity contribution in [2.24, 2.45) is 0 Å². The van der Waals surface area contributed by atoms with Crippen LogP contribution in [0.3, 0.4) is 0 Å². The van der Waals surface area contributed by atoms with Crippen molar-refractivity contribution in [2.75, 3.05) is 37.7 Å². The lowest BCUT2D eigenvalue weighted by Crippen LogP contribution is -2.63. The van der Waals surface area contributed by atoms with E-state index in [1.807, 2.05) is 23.1 Å². The Morgan fingerprint density at radius 3 is 2.85 bits per heavy atom. The lowest BCUT2D eigenvalue weighted by atomic mass is 9.91. The predicted octanol–water partition coefficient (Wildman–Crippen LogP) is 6.71. The molecule has 5 heterocycles. The first kappa shape index (κ1) is 29.2. The first-order valence-corrected chi connectivity index (χ1v) is 16.5. The number of fused-ring (bicyclic) bond motifs is 4. The molecule has 46 heavy (non-hydrogen) atoms. The van der Waals surface area contributed by atoms with Gasteiger partial charge in [-0.3, -0.25) is 9.69 Å². The average Bonchev–Trinajstić information content (AvgIpc) is 3.69. The molecule has 3 aromatic carbocycles. The van der Waals surface area contributed by atoms with Gasteiger partial charge in [0.2, 0.25) is 11.8 Å². The fourth-order valence-corrected chi connectivity index (χ4v) is 8.86. The van der Waals surface area contributed by atoms with Gasteiger partial charge in [0.25, 0.3) is 0 Å². The molecule has 234 valence electrons. The summed E-state index contributed by atoms with van der Waals surface area (Å²) in [6, 6.07) is 20.9. The van der Waals surface area contributed by atoms with Crippen LogP contribution in [-0.4, -0.2) is 77.3 Å². The molecule has 0 spiro atoms. The molecule has 8 rings (SSSR count). The van der Waals surface area contributed by atoms with Crippen molar-refractivity contribution in [1.82, 2.24) is 14.8 Å². The summed E-state index contributed by atoms with van der Waals surface area (Å²) in [6.07, 6.45) is 3.84. The number of anilines is 1. The van der Waals surface area contributed by atoms with E-state index >= 15 is 0 Å². The number of rotatable bonds is 7. The second-order valence-electron chi connectivity index (χ2n) is 13.1. The maximum Gasteiger partial charge on any atom is 0.246 e. The standard InChI is InChI=1S/C37H35ClFN5O2/c1-2-33(45)43-17-13-31-32(43)21-44(31)35-27-11-10-24(26-8-3-6-23-7-4-9-29(38)34(23)26)18-30(27)41-36(28(35)12-15-40)46-22-37-14-5-16-42(37)20-25(39)19-37/h2-4,6-11,18,25,31-32H,1,5,12-14,16-17,19-22H2/t25-,31-,32-,37+/m1/s1. The molecule has 1 amide bonds. The number of hydrogen-bond donors (Lipinski definition) is 0. The van der Waals surface area contributed by atoms with Crippen LogP contribution in [0.1, 0.15) is 31.2 Å². The highest BCUT2D eigenvalue weighted by Gasteiger charge is 2.51. The molecule has 0 N–H and O–H groups in total. The highest BCUT2D eigenvalue weighted by Crippen LogP contribution is 2.46. The van der Waals surface area contributed by atoms with Crippen LogP contribution in [-0.2, 0) is 11.2 Å². The first-order chi connectivity index (χ1) is 22.4. The van der Waals surface area contributed by atoms with E-state index in [4.69, 9.17) is 21.3 Å². The lowest BCUT2D eigenvalue weighted by Gasteiger charge is -2.49. The van der Waals surface area contributed by atoms with E-state index in [1.165, 1.54) is 6.08 Å². The molecule has 4 aromatic rings. The van der Waals surface area contributed by atoms with Crippen molar-refractivity contribution < 1.29 is 13.9 Å². The minimum atomic E-state index is -0.862. The van der Waals surface area contributed by atoms with Crippen LogP contribution in [0.4, 0.5) is 10.1 Å². The number of hydrogen-bond acceptors (Lipinski definition) is 6. The summed E-state index contributed by atoms with van der Waals surface area (Å²) in [7, 11) is 0. The second-order valence-corrected chi connectivity index (χ2v) is 13.5. The highest BCUT2D eigenvalue weighted by molar-refractivity contribution is 6.36. The lowest BCUT2D eigenvalue weighted by molar-refractivity contribution is -0.127. The van der Waals surface area contributed by atoms with E-state index in [0.29, 0.717) is 43.6 Å². The number of nitrogens with zero attached hydrogens (tertiary/aromatic N) is 5. The van der Waals surface area contributed by atoms with E-state index in [-0.39, 0.29) is 30.0 Å². The molecular formula is C37H35ClFN5O2. The van der Waals surface area contributed by atoms with Gasteiger partial charge in [-0.15, -0.1) is 0 Å². The summed E-state index contributed by atoms with van der Waals surface area (Å²) in [5.41, 5.74) is 4.08. The Labute approximate surface area is 272 Å². The molecule has 1 aromatic heterocycles. The maximum absolute atomic E-state index is 14.6. The summed E-state index contributed by atoms with van der Waals surface area (Å²) >= 11 is 6.72. The third-order valence-corrected chi connectivity index (χ3v) is 11.0. The van der Waals surface area contributed by atoms with Crippen molar-refractivity contribution in [2.45, 2.75) is 55.9 Å². The van der Waals surface area contributed by atoms with Gasteiger partial charge in [-0.05, 0) is 60.5 Å². The summed E-state index contributed by atoms with van der Waals surface area (Å²) < 4.78 is 21.2. The molecule has 0 aliphatic carbocycles. The zero-order valence-electron chi connectivity index (χ0n) is 25.6. The molecule has 4 aliphatic heterocycles. The van der Waals surface area contributed by atoms with Crippen LogP contribution in [0.25, 0.3) is 32.8 Å². The normalized spacial score (nSPS) is 25.4. The Kier molecular flexibility index (Phi) is 7.15. The zero-order chi connectivity index (χ0) is 31.6. The Morgan fingerprint density at radius 2 is 2.02 bits per heavy atom. The number of aromatic nitrogens is 1. The Hall–Kier alpha value is -4.19. The van der Waals surface area contributed by atoms with Gasteiger partial charge in [0, 0.05) is 41.9 Å². The van der Waals surface area contributed by atoms with Crippen LogP contribution >= 0.6 is 11.6 Å². The van der Waals surface area contributed by atoms with Gasteiger partial charge in [0.05, 0.1) is 46.9 Å². The Bertz CT molecular complexity index is 1940. The van der Waals surface area contributed by atoms with Crippen molar-refractivity contribution in [3.8, 4) is 23.1 Å². The number of carbonyl (C=O) groups excluding carboxylic acids is 1. The number of ether oxygens (including phenoxy) is 1. The summed E-state index contributed by atoms with van der Waals surface area (Å²) in [6.45, 7) is 6.67. The number of amides is 1. The van der Waals surface area contributed by atoms with Crippen molar-refractivity contribution in [3.05, 3.63) is 77.8 Å². The zero-order valence-corrected chi connectivity index (χ0v) is 26.3. The quantitative estimate of drug-likeness (QED) is 0.210. The number of carbonyl (C=O) groups is 1. The molecule has 0 radical (unpaired) electrons. The number of likely N-dealkylation sites (tertiary alicyclic amines) is 1. The van der Waals surface area contributed by atoms with E-state index < -0.39 is 6.17 Å². The number of nitriles is 1. The monoisotopic (exact) mass is 635 g/mol. The molecule has 0 saturated carbocycles. The van der Waals surface area contributed by atoms with Crippen LogP contribution in [0.15, 0.2) is 67.3 Å². The molecule has 7 nitrogen and oxygen atoms in total. The predicted molar refractivity (Wildman–Crippen MR) is 179 cm³/mol. The molecule has 0 unspecified atom stereocenters. The maximum atomic E-state index is 14.6. The number of benzene rings is 3. The highest BCUT2D eigenvalue weighted by atomic mass is 35.5. The minimum absolute atomic E-state index is 0.0468. The fourth-order valence-electron chi connectivity index (χ4n) is 8.57. The molecular weight excluding hydrogens is 601 g/mol. The van der Waals surface area contributed by atoms with Gasteiger partial charge in [-0.25, -0.2) is 9.37 Å². The molecule has 0 bridgehead atoms. The Morgan fingerprint density at radius 1 is 1.17 bits per heavy atom. The second kappa shape index (κ2) is 11.3. The van der Waals surface area contributed by atoms with E-state index in [9.17, 15) is 14.4 Å². The number of halogens is 2. The van der Waals surface area contributed by atoms with Crippen molar-refractivity contribution in [3.63, 3.8) is 0 Å². The van der Waals surface area contributed by atoms with Crippen molar-refractivity contribution in [1.29, 1.82) is 5.26 Å². The largest absolute Gasteiger partial charge is 0.475 e. The molecule has 4 saturated heterocycles. The van der Waals surface area contributed by atoms with Gasteiger partial charge >= 0.3 is 0 Å². The Balaban J connectivity index is 1.26. The third-order valence-electron chi connectivity index (χ3n) is 10.7. The molecule has 9 heteroatoms. The van der Waals surface area contributed by atoms with E-state index in [0.717, 1.165) is 69.9 Å². The topological polar surface area (TPSA) is 72.7 Å². The number of pyridine rings is 1. The fraction of sp³-hybridized carbons (Fsp3) is 0.378. The number of alkyl halides is 1. The summed E-state index contributed by atoms with van der Waals surface area (Å²) in [5.74, 6) is 0.385. The van der Waals surface area contributed by atoms with E-state index in [1.54, 1.807) is 0 Å². The molecule has 4 fully saturated rings. The molecule has 4 atom stereocenters. The van der Waals surface area contributed by atoms with Crippen LogP contribution < -0.4 is 9.64 Å². The van der Waals surface area contributed by atoms with Gasteiger partial charge < -0.3 is 14.5 Å². The third kappa shape index (κ3) is 4.55. The van der Waals surface area contributed by atoms with Gasteiger partial charge in [-0.1, -0.05) is 60.6 Å². The van der Waals surface area contributed by atoms with Gasteiger partial charge in [-0.2, -0.15) is 5.26 Å². The SMILES string of the molecule is C=CC(=O)N1CC[C@@H]2[C@H]1CN2c1c(CC#N)c(OC[C@@]23CCCN2C[C@H](F)C3)nc2cc(-c3cccc4cccc(Cl)c34)ccc12. The van der Waals surface area contributed by atoms with Crippen LogP contribution in [0.5, 0.6) is 5.88 Å². The smallest absolute Gasteiger partial charge is 0.246 e. The van der Waals surface area contributed by atoms with Gasteiger partial charge in [0.1, 0.15) is 12.8 Å².